The Hall–Kier alpha value is -5.81. The number of fused-ring (bicyclic) bond motifs is 3. The van der Waals surface area contributed by atoms with Crippen molar-refractivity contribution in [3.05, 3.63) is 47.6 Å². The summed E-state index contributed by atoms with van der Waals surface area (Å²) < 4.78 is 41.6. The lowest BCUT2D eigenvalue weighted by molar-refractivity contribution is -0.265. The number of allylic oxidation sites excluding steroid dienone is 6. The Morgan fingerprint density at radius 1 is 0.804 bits per heavy atom. The Kier molecular flexibility index (Phi) is 39.0. The van der Waals surface area contributed by atoms with E-state index in [1.807, 2.05) is 58.1 Å². The van der Waals surface area contributed by atoms with Crippen LogP contribution in [0, 0.1) is 47.3 Å². The van der Waals surface area contributed by atoms with Gasteiger partial charge in [0.15, 0.2) is 35.5 Å². The summed E-state index contributed by atoms with van der Waals surface area (Å²) in [6.45, 7) is 19.4. The second-order valence-corrected chi connectivity index (χ2v) is 31.3. The second-order valence-electron chi connectivity index (χ2n) is 28.6. The number of hydrogen-bond donors (Lipinski definition) is 6. The maximum Gasteiger partial charge on any atom is 0.509 e. The molecule has 4 rings (SSSR count). The van der Waals surface area contributed by atoms with E-state index in [2.05, 4.69) is 15.6 Å². The number of rotatable bonds is 28. The van der Waals surface area contributed by atoms with Gasteiger partial charge in [-0.15, -0.1) is 0 Å². The highest BCUT2D eigenvalue weighted by atomic mass is 33.1. The SMILES string of the molecule is CC[C@@H](C)C(=O)N[C@@H](CCCN=C(N)N)C(=O)C[C@@H](C)C(=O)N[C@@H](C)C(=O)CCCSSCCOC(=O)O[C@@H]1/C(C)=C/[C@@H](C)C(=O)C[C@@H]([C@H](C)C[C@@H]2CC[C@@H](O)[C@H](OC)C2)OC(=O)[C@@H]2CCCCN2C(=O)C(=O)[C@]2(O)O[C@@H](CC[C@H]2C)C[C@H](OC)/C(C)=C/C=C/C=C/[C@@H](C)C[C@@H](C)C(=O)[C@@H]1OC. The average molecular weight is 1470 g/mol. The van der Waals surface area contributed by atoms with E-state index in [0.29, 0.717) is 94.1 Å². The normalized spacial score (nSPS) is 31.0. The number of nitrogens with one attached hydrogen (secondary N) is 2. The molecule has 3 fully saturated rings. The van der Waals surface area contributed by atoms with Crippen molar-refractivity contribution >= 4 is 86.3 Å². The van der Waals surface area contributed by atoms with Crippen molar-refractivity contribution in [1.29, 1.82) is 0 Å². The fraction of sp³-hybridized carbons (Fsp3) is 0.747. The number of hydrogen-bond acceptors (Lipinski definition) is 22. The number of methoxy groups -OCH3 is 3. The maximum absolute atomic E-state index is 14.7. The minimum Gasteiger partial charge on any atom is -0.460 e. The Morgan fingerprint density at radius 3 is 2.19 bits per heavy atom. The number of nitrogens with two attached hydrogens (primary N) is 2. The van der Waals surface area contributed by atoms with Gasteiger partial charge in [0.05, 0.1) is 36.5 Å². The molecule has 4 aliphatic rings. The van der Waals surface area contributed by atoms with Gasteiger partial charge in [-0.2, -0.15) is 0 Å². The molecule has 3 aliphatic heterocycles. The van der Waals surface area contributed by atoms with Crippen LogP contribution in [0.2, 0.25) is 0 Å². The lowest BCUT2D eigenvalue weighted by Crippen LogP contribution is -2.61. The fourth-order valence-corrected chi connectivity index (χ4v) is 15.4. The van der Waals surface area contributed by atoms with Gasteiger partial charge in [0.1, 0.15) is 24.5 Å². The number of Topliss-reactive ketones (excluding diaryl/α,β-unsaturated/α-hetero) is 5. The van der Waals surface area contributed by atoms with Crippen LogP contribution in [0.3, 0.4) is 0 Å². The number of ketones is 5. The first-order chi connectivity index (χ1) is 48.3. The first kappa shape index (κ1) is 88.6. The number of esters is 1. The number of carbonyl (C=O) groups excluding carboxylic acids is 10. The van der Waals surface area contributed by atoms with Gasteiger partial charge >= 0.3 is 12.1 Å². The van der Waals surface area contributed by atoms with E-state index in [9.17, 15) is 58.2 Å². The quantitative estimate of drug-likeness (QED) is 0.00810. The van der Waals surface area contributed by atoms with Crippen LogP contribution in [-0.4, -0.2) is 199 Å². The van der Waals surface area contributed by atoms with Crippen molar-refractivity contribution in [2.24, 2.45) is 63.8 Å². The molecule has 2 saturated heterocycles. The van der Waals surface area contributed by atoms with Gasteiger partial charge in [0.2, 0.25) is 17.6 Å². The zero-order valence-electron chi connectivity index (χ0n) is 62.8. The highest BCUT2D eigenvalue weighted by Gasteiger charge is 2.53. The first-order valence-electron chi connectivity index (χ1n) is 36.6. The van der Waals surface area contributed by atoms with Crippen molar-refractivity contribution in [2.45, 2.75) is 258 Å². The van der Waals surface area contributed by atoms with Gasteiger partial charge in [-0.05, 0) is 140 Å². The van der Waals surface area contributed by atoms with E-state index in [4.69, 9.17) is 44.6 Å². The number of amides is 3. The zero-order chi connectivity index (χ0) is 76.0. The van der Waals surface area contributed by atoms with Crippen molar-refractivity contribution in [3.8, 4) is 0 Å². The number of nitrogens with zero attached hydrogens (tertiary/aromatic N) is 2. The van der Waals surface area contributed by atoms with Crippen LogP contribution in [0.5, 0.6) is 0 Å². The van der Waals surface area contributed by atoms with Crippen LogP contribution in [-0.2, 0) is 76.3 Å². The second kappa shape index (κ2) is 44.9. The summed E-state index contributed by atoms with van der Waals surface area (Å²) in [4.78, 5) is 144. The zero-order valence-corrected chi connectivity index (χ0v) is 64.5. The molecule has 0 unspecified atom stereocenters. The minimum atomic E-state index is -2.49. The van der Waals surface area contributed by atoms with Gasteiger partial charge < -0.3 is 70.4 Å². The van der Waals surface area contributed by atoms with Crippen LogP contribution < -0.4 is 22.1 Å². The van der Waals surface area contributed by atoms with Crippen LogP contribution in [0.1, 0.15) is 192 Å². The van der Waals surface area contributed by atoms with Crippen molar-refractivity contribution in [3.63, 3.8) is 0 Å². The first-order valence-corrected chi connectivity index (χ1v) is 39.1. The molecule has 3 amide bonds. The summed E-state index contributed by atoms with van der Waals surface area (Å²) >= 11 is 0. The topological polar surface area (TPSA) is 367 Å². The molecule has 8 N–H and O–H groups in total. The van der Waals surface area contributed by atoms with Crippen molar-refractivity contribution in [2.75, 3.05) is 52.5 Å². The Labute approximate surface area is 612 Å². The van der Waals surface area contributed by atoms with Gasteiger partial charge in [-0.1, -0.05) is 113 Å². The van der Waals surface area contributed by atoms with E-state index in [1.165, 1.54) is 28.7 Å². The number of aliphatic hydroxyl groups excluding tert-OH is 1. The summed E-state index contributed by atoms with van der Waals surface area (Å²) in [5.74, 6) is -10.7. The summed E-state index contributed by atoms with van der Waals surface area (Å²) in [5.41, 5.74) is 12.0. The molecule has 27 heteroatoms. The summed E-state index contributed by atoms with van der Waals surface area (Å²) in [6.07, 6.45) is 10.2. The van der Waals surface area contributed by atoms with E-state index in [1.54, 1.807) is 68.8 Å². The molecule has 1 saturated carbocycles. The Morgan fingerprint density at radius 2 is 1.51 bits per heavy atom. The van der Waals surface area contributed by atoms with Gasteiger partial charge in [-0.25, -0.2) is 9.59 Å². The molecule has 0 aromatic carbocycles. The third-order valence-corrected chi connectivity index (χ3v) is 22.8. The Bertz CT molecular complexity index is 2940. The number of ether oxygens (including phenoxy) is 7. The predicted molar refractivity (Wildman–Crippen MR) is 392 cm³/mol. The van der Waals surface area contributed by atoms with Crippen LogP contribution in [0.4, 0.5) is 4.79 Å². The molecule has 0 radical (unpaired) electrons. The lowest BCUT2D eigenvalue weighted by Gasteiger charge is -2.42. The van der Waals surface area contributed by atoms with E-state index >= 15 is 0 Å². The minimum absolute atomic E-state index is 0.0281. The summed E-state index contributed by atoms with van der Waals surface area (Å²) in [6, 6.07) is -2.88. The largest absolute Gasteiger partial charge is 0.509 e. The fourth-order valence-electron chi connectivity index (χ4n) is 13.5. The maximum atomic E-state index is 14.7. The monoisotopic (exact) mass is 1470 g/mol. The third-order valence-electron chi connectivity index (χ3n) is 20.3. The number of cyclic esters (lactones) is 1. The molecule has 0 aromatic heterocycles. The summed E-state index contributed by atoms with van der Waals surface area (Å²) in [7, 11) is 7.27. The number of carbonyl (C=O) groups is 10. The van der Waals surface area contributed by atoms with Gasteiger partial charge in [0, 0.05) is 101 Å². The molecular weight excluding hydrogens is 1350 g/mol. The molecule has 3 heterocycles. The molecular formula is C75H120N6O19S2. The van der Waals surface area contributed by atoms with Crippen molar-refractivity contribution < 1.29 is 91.3 Å². The van der Waals surface area contributed by atoms with Gasteiger partial charge in [-0.3, -0.25) is 43.3 Å². The van der Waals surface area contributed by atoms with E-state index < -0.39 is 126 Å². The molecule has 1 aliphatic carbocycles. The molecule has 19 atom stereocenters. The Balaban J connectivity index is 1.52. The van der Waals surface area contributed by atoms with Crippen LogP contribution in [0.25, 0.3) is 0 Å². The lowest BCUT2D eigenvalue weighted by atomic mass is 9.78. The average Bonchev–Trinajstić information content (AvgIpc) is 0.774. The number of piperidine rings is 1. The molecule has 0 spiro atoms. The van der Waals surface area contributed by atoms with E-state index in [0.717, 1.165) is 10.5 Å². The molecule has 576 valence electrons. The van der Waals surface area contributed by atoms with Crippen LogP contribution >= 0.6 is 21.6 Å². The number of guanidine groups is 1. The number of aliphatic hydroxyl groups is 2. The molecule has 25 nitrogen and oxygen atoms in total. The third kappa shape index (κ3) is 28.2. The highest BCUT2D eigenvalue weighted by Crippen LogP contribution is 2.38. The summed E-state index contributed by atoms with van der Waals surface area (Å²) in [5, 5.41) is 28.3. The van der Waals surface area contributed by atoms with Crippen LogP contribution in [0.15, 0.2) is 52.6 Å². The molecule has 0 aromatic rings. The smallest absolute Gasteiger partial charge is 0.460 e. The van der Waals surface area contributed by atoms with Crippen molar-refractivity contribution in [1.82, 2.24) is 15.5 Å². The van der Waals surface area contributed by atoms with Gasteiger partial charge in [0.25, 0.3) is 11.7 Å². The molecule has 102 heavy (non-hydrogen) atoms. The highest BCUT2D eigenvalue weighted by molar-refractivity contribution is 8.76. The number of aliphatic imine (C=N–C) groups is 1. The predicted octanol–water partition coefficient (Wildman–Crippen LogP) is 8.76. The molecule has 2 bridgehead atoms. The standard InChI is InChI=1S/C75H120N6O19S2/c1-15-45(3)69(88)80-56(25-21-32-78-73(76)77)61(85)40-51(9)70(89)79-53(11)58(82)27-22-35-101-102-36-34-97-74(92)99-66-50(8)38-47(5)60(84)43-63(48(6)39-54-29-31-59(83)64(41-54)95-13)98-72(91)57-26-19-20-33-81(57)71(90)68(87)75(93)52(10)28-30-55(100-75)42-62(94-12)46(4)24-18-16-17-23-44(2)37-49(7)65(86)67(66)96-14/h16-18,23-24,38,44-45,47-49,51-57,59,62-64,66-67,83,93H,15,19-22,25-37,39-43H2,1-14H3,(H,79,89)(H,80,88)(H4,76,77,78)/b18-16+,23-17+,46-24+,50-38+/t44-,45-,47-,48-,49-,51-,52-,53+,54+,55+,56+,57+,59-,62+,63+,64-,66-,67+,75-/m1/s1. The van der Waals surface area contributed by atoms with E-state index in [-0.39, 0.29) is 111 Å².